The van der Waals surface area contributed by atoms with Gasteiger partial charge in [0.25, 0.3) is 0 Å². The topological polar surface area (TPSA) is 47.9 Å². The number of aromatic hydroxyl groups is 1. The van der Waals surface area contributed by atoms with Crippen LogP contribution in [0.4, 0.5) is 0 Å². The van der Waals surface area contributed by atoms with E-state index in [1.807, 2.05) is 33.8 Å². The predicted molar refractivity (Wildman–Crippen MR) is 92.6 cm³/mol. The first-order valence-electron chi connectivity index (χ1n) is 7.24. The molecule has 1 aromatic carbocycles. The van der Waals surface area contributed by atoms with Crippen LogP contribution in [0.1, 0.15) is 33.3 Å². The van der Waals surface area contributed by atoms with Crippen LogP contribution in [0.15, 0.2) is 23.7 Å². The Morgan fingerprint density at radius 2 is 1.86 bits per heavy atom. The molecular formula is C16H23BO4S. The van der Waals surface area contributed by atoms with E-state index in [9.17, 15) is 5.11 Å². The molecule has 0 saturated carbocycles. The standard InChI is InChI=1S/C16H23BO4S/c1-15(2)16(3,4)21-17(20-15)12(10-22)8-11-6-7-13(18)9-14(11)19-5/h6-9,18,22H,10H2,1-5H3. The van der Waals surface area contributed by atoms with Crippen LogP contribution in [0, 0.1) is 0 Å². The van der Waals surface area contributed by atoms with Crippen LogP contribution >= 0.6 is 12.6 Å². The van der Waals surface area contributed by atoms with E-state index in [1.165, 1.54) is 0 Å². The zero-order valence-corrected chi connectivity index (χ0v) is 14.6. The summed E-state index contributed by atoms with van der Waals surface area (Å²) in [5.41, 5.74) is 0.974. The maximum absolute atomic E-state index is 9.54. The molecule has 0 bridgehead atoms. The van der Waals surface area contributed by atoms with Crippen molar-refractivity contribution in [2.75, 3.05) is 12.9 Å². The van der Waals surface area contributed by atoms with Gasteiger partial charge in [0.15, 0.2) is 0 Å². The van der Waals surface area contributed by atoms with Gasteiger partial charge in [-0.25, -0.2) is 0 Å². The summed E-state index contributed by atoms with van der Waals surface area (Å²) in [4.78, 5) is 0. The van der Waals surface area contributed by atoms with Crippen LogP contribution < -0.4 is 4.74 Å². The molecule has 1 fully saturated rings. The fourth-order valence-corrected chi connectivity index (χ4v) is 2.44. The van der Waals surface area contributed by atoms with Gasteiger partial charge in [-0.15, -0.1) is 0 Å². The molecule has 1 heterocycles. The zero-order valence-electron chi connectivity index (χ0n) is 13.7. The molecule has 0 radical (unpaired) electrons. The number of phenolic OH excluding ortho intramolecular Hbond substituents is 1. The normalized spacial score (nSPS) is 20.3. The van der Waals surface area contributed by atoms with E-state index < -0.39 is 18.3 Å². The number of benzene rings is 1. The number of hydrogen-bond acceptors (Lipinski definition) is 5. The summed E-state index contributed by atoms with van der Waals surface area (Å²) in [6.45, 7) is 8.07. The fourth-order valence-electron chi connectivity index (χ4n) is 2.20. The van der Waals surface area contributed by atoms with Crippen molar-refractivity contribution in [1.82, 2.24) is 0 Å². The van der Waals surface area contributed by atoms with E-state index in [-0.39, 0.29) is 5.75 Å². The van der Waals surface area contributed by atoms with Crippen molar-refractivity contribution < 1.29 is 19.2 Å². The zero-order chi connectivity index (χ0) is 16.5. The largest absolute Gasteiger partial charge is 0.508 e. The highest BCUT2D eigenvalue weighted by Crippen LogP contribution is 2.39. The molecule has 0 spiro atoms. The van der Waals surface area contributed by atoms with Gasteiger partial charge in [-0.3, -0.25) is 0 Å². The molecule has 120 valence electrons. The molecular weight excluding hydrogens is 299 g/mol. The Labute approximate surface area is 138 Å². The van der Waals surface area contributed by atoms with Crippen molar-refractivity contribution in [3.63, 3.8) is 0 Å². The molecule has 0 aromatic heterocycles. The fraction of sp³-hybridized carbons (Fsp3) is 0.500. The molecule has 4 nitrogen and oxygen atoms in total. The monoisotopic (exact) mass is 322 g/mol. The Kier molecular flexibility index (Phi) is 4.85. The van der Waals surface area contributed by atoms with Crippen molar-refractivity contribution in [2.24, 2.45) is 0 Å². The molecule has 0 aliphatic carbocycles. The molecule has 6 heteroatoms. The minimum absolute atomic E-state index is 0.164. The van der Waals surface area contributed by atoms with Gasteiger partial charge >= 0.3 is 7.12 Å². The molecule has 0 unspecified atom stereocenters. The molecule has 0 amide bonds. The summed E-state index contributed by atoms with van der Waals surface area (Å²) in [6.07, 6.45) is 1.94. The number of thiol groups is 1. The van der Waals surface area contributed by atoms with Crippen LogP contribution in [0.3, 0.4) is 0 Å². The third-order valence-electron chi connectivity index (χ3n) is 4.30. The highest BCUT2D eigenvalue weighted by Gasteiger charge is 2.52. The van der Waals surface area contributed by atoms with E-state index in [0.717, 1.165) is 11.0 Å². The summed E-state index contributed by atoms with van der Waals surface area (Å²) >= 11 is 4.40. The van der Waals surface area contributed by atoms with Crippen LogP contribution in [0.25, 0.3) is 6.08 Å². The number of methoxy groups -OCH3 is 1. The Morgan fingerprint density at radius 1 is 1.27 bits per heavy atom. The third kappa shape index (κ3) is 3.29. The minimum atomic E-state index is -0.444. The summed E-state index contributed by atoms with van der Waals surface area (Å²) in [5.74, 6) is 1.26. The Hall–Kier alpha value is -1.11. The summed E-state index contributed by atoms with van der Waals surface area (Å²) in [6, 6.07) is 4.99. The Balaban J connectivity index is 2.34. The lowest BCUT2D eigenvalue weighted by atomic mass is 9.78. The number of phenols is 1. The second-order valence-corrected chi connectivity index (χ2v) is 6.71. The first-order valence-corrected chi connectivity index (χ1v) is 7.87. The lowest BCUT2D eigenvalue weighted by molar-refractivity contribution is 0.00578. The minimum Gasteiger partial charge on any atom is -0.508 e. The van der Waals surface area contributed by atoms with E-state index in [1.54, 1.807) is 25.3 Å². The van der Waals surface area contributed by atoms with Crippen molar-refractivity contribution in [1.29, 1.82) is 0 Å². The van der Waals surface area contributed by atoms with Gasteiger partial charge in [0.1, 0.15) is 11.5 Å². The molecule has 1 aliphatic heterocycles. The molecule has 0 atom stereocenters. The summed E-state index contributed by atoms with van der Waals surface area (Å²) < 4.78 is 17.4. The maximum atomic E-state index is 9.54. The molecule has 1 aliphatic rings. The first-order chi connectivity index (χ1) is 10.2. The van der Waals surface area contributed by atoms with Gasteiger partial charge in [-0.1, -0.05) is 6.08 Å². The maximum Gasteiger partial charge on any atom is 0.491 e. The highest BCUT2D eigenvalue weighted by molar-refractivity contribution is 7.80. The van der Waals surface area contributed by atoms with Crippen molar-refractivity contribution in [3.05, 3.63) is 29.2 Å². The van der Waals surface area contributed by atoms with E-state index in [2.05, 4.69) is 12.6 Å². The van der Waals surface area contributed by atoms with Gasteiger partial charge in [0, 0.05) is 17.4 Å². The van der Waals surface area contributed by atoms with Gasteiger partial charge in [0.2, 0.25) is 0 Å². The predicted octanol–water partition coefficient (Wildman–Crippen LogP) is 3.35. The van der Waals surface area contributed by atoms with Gasteiger partial charge in [-0.05, 0) is 45.3 Å². The number of hydrogen-bond donors (Lipinski definition) is 2. The van der Waals surface area contributed by atoms with Crippen molar-refractivity contribution in [3.8, 4) is 11.5 Å². The lowest BCUT2D eigenvalue weighted by Crippen LogP contribution is -2.41. The van der Waals surface area contributed by atoms with Gasteiger partial charge < -0.3 is 19.2 Å². The molecule has 22 heavy (non-hydrogen) atoms. The van der Waals surface area contributed by atoms with Crippen LogP contribution in [0.5, 0.6) is 11.5 Å². The van der Waals surface area contributed by atoms with Crippen LogP contribution in [0.2, 0.25) is 0 Å². The van der Waals surface area contributed by atoms with Gasteiger partial charge in [-0.2, -0.15) is 12.6 Å². The molecule has 2 rings (SSSR count). The lowest BCUT2D eigenvalue weighted by Gasteiger charge is -2.32. The number of rotatable bonds is 4. The highest BCUT2D eigenvalue weighted by atomic mass is 32.1. The second kappa shape index (κ2) is 6.18. The smallest absolute Gasteiger partial charge is 0.491 e. The van der Waals surface area contributed by atoms with E-state index in [4.69, 9.17) is 14.0 Å². The first kappa shape index (κ1) is 17.3. The Morgan fingerprint density at radius 3 is 2.36 bits per heavy atom. The third-order valence-corrected chi connectivity index (χ3v) is 4.66. The van der Waals surface area contributed by atoms with Crippen molar-refractivity contribution >= 4 is 25.8 Å². The van der Waals surface area contributed by atoms with E-state index in [0.29, 0.717) is 11.5 Å². The van der Waals surface area contributed by atoms with E-state index >= 15 is 0 Å². The molecule has 1 N–H and O–H groups in total. The SMILES string of the molecule is COc1cc(O)ccc1C=C(CS)B1OC(C)(C)C(C)(C)O1. The summed E-state index contributed by atoms with van der Waals surface area (Å²) in [7, 11) is 1.13. The van der Waals surface area contributed by atoms with Crippen molar-refractivity contribution in [2.45, 2.75) is 38.9 Å². The molecule has 1 aromatic rings. The second-order valence-electron chi connectivity index (χ2n) is 6.39. The Bertz CT molecular complexity index is 568. The molecule has 1 saturated heterocycles. The van der Waals surface area contributed by atoms with Crippen LogP contribution in [-0.2, 0) is 9.31 Å². The number of ether oxygens (including phenoxy) is 1. The van der Waals surface area contributed by atoms with Crippen LogP contribution in [-0.4, -0.2) is 36.3 Å². The summed E-state index contributed by atoms with van der Waals surface area (Å²) in [5, 5.41) is 9.54. The average molecular weight is 322 g/mol. The quantitative estimate of drug-likeness (QED) is 0.659. The average Bonchev–Trinajstić information content (AvgIpc) is 2.65. The van der Waals surface area contributed by atoms with Gasteiger partial charge in [0.05, 0.1) is 18.3 Å².